The number of nitrogens with zero attached hydrogens (tertiary/aromatic N) is 3. The average molecular weight is 714 g/mol. The molecule has 16 heteroatoms. The Balaban J connectivity index is 1.59. The van der Waals surface area contributed by atoms with Crippen molar-refractivity contribution in [1.82, 2.24) is 9.88 Å². The fourth-order valence-corrected chi connectivity index (χ4v) is 7.05. The molecule has 3 N–H and O–H groups in total. The number of anilines is 3. The summed E-state index contributed by atoms with van der Waals surface area (Å²) in [5, 5.41) is 3.87. The second-order valence-electron chi connectivity index (χ2n) is 11.8. The number of pyridine rings is 1. The predicted octanol–water partition coefficient (Wildman–Crippen LogP) is 6.11. The van der Waals surface area contributed by atoms with E-state index in [9.17, 15) is 36.0 Å². The molecule has 50 heavy (non-hydrogen) atoms. The van der Waals surface area contributed by atoms with Gasteiger partial charge in [-0.25, -0.2) is 23.0 Å². The van der Waals surface area contributed by atoms with Crippen LogP contribution in [0.2, 0.25) is 0 Å². The van der Waals surface area contributed by atoms with Crippen LogP contribution in [-0.2, 0) is 29.0 Å². The highest BCUT2D eigenvalue weighted by Gasteiger charge is 2.44. The average Bonchev–Trinajstić information content (AvgIpc) is 3.58. The molecule has 0 unspecified atom stereocenters. The van der Waals surface area contributed by atoms with Crippen LogP contribution >= 0.6 is 0 Å². The van der Waals surface area contributed by atoms with Crippen molar-refractivity contribution in [3.63, 3.8) is 0 Å². The van der Waals surface area contributed by atoms with Crippen LogP contribution in [0, 0.1) is 0 Å². The number of benzene rings is 3. The largest absolute Gasteiger partial charge is 0.493 e. The minimum Gasteiger partial charge on any atom is -0.450 e. The van der Waals surface area contributed by atoms with E-state index >= 15 is 0 Å². The van der Waals surface area contributed by atoms with Gasteiger partial charge in [-0.15, -0.1) is 5.06 Å². The van der Waals surface area contributed by atoms with Crippen molar-refractivity contribution >= 4 is 55.8 Å². The Morgan fingerprint density at radius 3 is 2.42 bits per heavy atom. The number of aromatic nitrogens is 1. The predicted molar refractivity (Wildman–Crippen MR) is 178 cm³/mol. The molecule has 264 valence electrons. The highest BCUT2D eigenvalue weighted by molar-refractivity contribution is 7.92. The standard InChI is InChI=1S/C34H34F3N5O7S/c1-20(2)50(46,47)28-14-12-24(42(33(45)48-3)49-32(44)34(35,36)37)19-26(28)27-10-7-17-41(27)31(43)29(21-8-5-4-6-9-21)40-23-11-13-25-22(18-23)15-16-39-30(25)38/h4-6,8-9,11-16,18-20,27,29,40H,7,10,17H2,1-3H3,(H2,38,39)/t27-,29-/m1/s1. The maximum Gasteiger partial charge on any atom is 0.493 e. The fourth-order valence-electron chi connectivity index (χ4n) is 5.76. The summed E-state index contributed by atoms with van der Waals surface area (Å²) < 4.78 is 71.2. The van der Waals surface area contributed by atoms with Gasteiger partial charge in [0.15, 0.2) is 9.84 Å². The van der Waals surface area contributed by atoms with Gasteiger partial charge in [-0.1, -0.05) is 30.3 Å². The van der Waals surface area contributed by atoms with Gasteiger partial charge in [0.2, 0.25) is 5.91 Å². The Morgan fingerprint density at radius 2 is 1.76 bits per heavy atom. The fraction of sp³-hybridized carbons (Fsp3) is 0.294. The molecule has 1 aliphatic heterocycles. The Hall–Kier alpha value is -5.38. The third-order valence-corrected chi connectivity index (χ3v) is 10.5. The number of carbonyl (C=O) groups excluding carboxylic acids is 3. The number of amides is 2. The topological polar surface area (TPSA) is 161 Å². The number of carbonyl (C=O) groups is 3. The second-order valence-corrected chi connectivity index (χ2v) is 14.2. The number of halogens is 3. The van der Waals surface area contributed by atoms with E-state index in [1.54, 1.807) is 54.7 Å². The Kier molecular flexibility index (Phi) is 10.2. The molecule has 1 saturated heterocycles. The van der Waals surface area contributed by atoms with E-state index in [0.29, 0.717) is 23.5 Å². The smallest absolute Gasteiger partial charge is 0.450 e. The van der Waals surface area contributed by atoms with Gasteiger partial charge in [0.1, 0.15) is 11.9 Å². The van der Waals surface area contributed by atoms with E-state index in [4.69, 9.17) is 5.73 Å². The van der Waals surface area contributed by atoms with Crippen LogP contribution in [-0.4, -0.2) is 61.4 Å². The molecular weight excluding hydrogens is 679 g/mol. The molecule has 0 radical (unpaired) electrons. The molecule has 1 aromatic heterocycles. The molecule has 2 heterocycles. The van der Waals surface area contributed by atoms with E-state index in [0.717, 1.165) is 36.1 Å². The summed E-state index contributed by atoms with van der Waals surface area (Å²) in [6, 6.07) is 17.4. The molecule has 0 spiro atoms. The summed E-state index contributed by atoms with van der Waals surface area (Å²) in [6.07, 6.45) is -4.64. The number of nitrogen functional groups attached to an aromatic ring is 1. The van der Waals surface area contributed by atoms with Crippen molar-refractivity contribution in [2.45, 2.75) is 55.1 Å². The Labute approximate surface area is 285 Å². The van der Waals surface area contributed by atoms with Crippen LogP contribution in [0.15, 0.2) is 83.9 Å². The lowest BCUT2D eigenvalue weighted by Crippen LogP contribution is -2.39. The van der Waals surface area contributed by atoms with Crippen LogP contribution in [0.25, 0.3) is 10.8 Å². The minimum atomic E-state index is -5.46. The summed E-state index contributed by atoms with van der Waals surface area (Å²) in [4.78, 5) is 48.6. The number of ether oxygens (including phenoxy) is 1. The van der Waals surface area contributed by atoms with E-state index in [2.05, 4.69) is 19.9 Å². The summed E-state index contributed by atoms with van der Waals surface area (Å²) >= 11 is 0. The first kappa shape index (κ1) is 35.9. The maximum atomic E-state index is 14.6. The van der Waals surface area contributed by atoms with Crippen LogP contribution in [0.5, 0.6) is 0 Å². The van der Waals surface area contributed by atoms with Crippen molar-refractivity contribution in [2.24, 2.45) is 0 Å². The van der Waals surface area contributed by atoms with E-state index in [-0.39, 0.29) is 28.5 Å². The van der Waals surface area contributed by atoms with Gasteiger partial charge >= 0.3 is 18.2 Å². The number of sulfone groups is 1. The second kappa shape index (κ2) is 14.2. The van der Waals surface area contributed by atoms with Crippen molar-refractivity contribution in [1.29, 1.82) is 0 Å². The van der Waals surface area contributed by atoms with Gasteiger partial charge in [0, 0.05) is 23.8 Å². The molecule has 4 aromatic rings. The lowest BCUT2D eigenvalue weighted by molar-refractivity contribution is -0.200. The summed E-state index contributed by atoms with van der Waals surface area (Å²) in [5.41, 5.74) is 6.82. The van der Waals surface area contributed by atoms with Gasteiger partial charge in [-0.05, 0) is 85.7 Å². The van der Waals surface area contributed by atoms with Crippen LogP contribution in [0.3, 0.4) is 0 Å². The minimum absolute atomic E-state index is 0.0114. The Morgan fingerprint density at radius 1 is 1.04 bits per heavy atom. The zero-order valence-electron chi connectivity index (χ0n) is 27.2. The van der Waals surface area contributed by atoms with Gasteiger partial charge in [0.25, 0.3) is 0 Å². The molecule has 1 fully saturated rings. The summed E-state index contributed by atoms with van der Waals surface area (Å²) in [6.45, 7) is 3.13. The molecule has 2 atom stereocenters. The number of fused-ring (bicyclic) bond motifs is 1. The molecule has 0 bridgehead atoms. The number of hydrogen-bond donors (Lipinski definition) is 2. The Bertz CT molecular complexity index is 2030. The van der Waals surface area contributed by atoms with Crippen molar-refractivity contribution in [3.05, 3.63) is 90.1 Å². The molecular formula is C34H34F3N5O7S. The van der Waals surface area contributed by atoms with Crippen molar-refractivity contribution < 1.29 is 45.5 Å². The van der Waals surface area contributed by atoms with Gasteiger partial charge in [-0.3, -0.25) is 4.79 Å². The van der Waals surface area contributed by atoms with E-state index in [1.807, 2.05) is 6.07 Å². The van der Waals surface area contributed by atoms with Crippen molar-refractivity contribution in [3.8, 4) is 0 Å². The number of hydrogen-bond acceptors (Lipinski definition) is 10. The molecule has 0 aliphatic carbocycles. The first-order valence-corrected chi connectivity index (χ1v) is 17.0. The zero-order valence-corrected chi connectivity index (χ0v) is 28.0. The number of rotatable bonds is 8. The summed E-state index contributed by atoms with van der Waals surface area (Å²) in [5.74, 6) is -2.77. The van der Waals surface area contributed by atoms with Gasteiger partial charge < -0.3 is 25.5 Å². The lowest BCUT2D eigenvalue weighted by Gasteiger charge is -2.32. The normalized spacial score (nSPS) is 15.5. The van der Waals surface area contributed by atoms with E-state index in [1.165, 1.54) is 18.7 Å². The zero-order chi connectivity index (χ0) is 36.4. The van der Waals surface area contributed by atoms with Crippen LogP contribution in [0.4, 0.5) is 35.2 Å². The highest BCUT2D eigenvalue weighted by atomic mass is 32.2. The number of likely N-dealkylation sites (tertiary alicyclic amines) is 1. The third kappa shape index (κ3) is 7.29. The first-order chi connectivity index (χ1) is 23.6. The quantitative estimate of drug-likeness (QED) is 0.204. The lowest BCUT2D eigenvalue weighted by atomic mass is 10.0. The number of nitrogens with one attached hydrogen (secondary N) is 1. The third-order valence-electron chi connectivity index (χ3n) is 8.28. The number of alkyl halides is 3. The van der Waals surface area contributed by atoms with Crippen LogP contribution < -0.4 is 16.1 Å². The number of hydroxylamine groups is 1. The summed E-state index contributed by atoms with van der Waals surface area (Å²) in [7, 11) is -3.18. The molecule has 3 aromatic carbocycles. The van der Waals surface area contributed by atoms with Gasteiger partial charge in [0.05, 0.1) is 29.0 Å². The molecule has 0 saturated carbocycles. The maximum absolute atomic E-state index is 14.6. The first-order valence-electron chi connectivity index (χ1n) is 15.4. The van der Waals surface area contributed by atoms with Crippen molar-refractivity contribution in [2.75, 3.05) is 29.8 Å². The number of nitrogens with two attached hydrogens (primary N) is 1. The molecule has 1 aliphatic rings. The van der Waals surface area contributed by atoms with Gasteiger partial charge in [-0.2, -0.15) is 13.2 Å². The molecule has 12 nitrogen and oxygen atoms in total. The van der Waals surface area contributed by atoms with E-state index < -0.39 is 57.0 Å². The molecule has 5 rings (SSSR count). The SMILES string of the molecule is COC(=O)N(OC(=O)C(F)(F)F)c1ccc(S(=O)(=O)C(C)C)c([C@H]2CCCN2C(=O)[C@H](Nc2ccc3c(N)nccc3c2)c2ccccc2)c1. The highest BCUT2D eigenvalue weighted by Crippen LogP contribution is 2.41. The monoisotopic (exact) mass is 713 g/mol. The molecule has 2 amide bonds. The number of methoxy groups -OCH3 is 1. The van der Waals surface area contributed by atoms with Crippen LogP contribution in [0.1, 0.15) is 49.9 Å².